The zero-order chi connectivity index (χ0) is 13.6. The molecule has 0 aliphatic rings. The number of benzene rings is 1. The number of nitrogens with one attached hydrogen (secondary N) is 1. The van der Waals surface area contributed by atoms with Crippen LogP contribution in [0.4, 0.5) is 18.9 Å². The maximum absolute atomic E-state index is 12.5. The van der Waals surface area contributed by atoms with Gasteiger partial charge in [0, 0.05) is 23.3 Å². The quantitative estimate of drug-likeness (QED) is 0.787. The first-order valence-electron chi connectivity index (χ1n) is 5.63. The van der Waals surface area contributed by atoms with Crippen molar-refractivity contribution in [2.75, 3.05) is 25.1 Å². The normalized spacial score (nSPS) is 11.6. The average Bonchev–Trinajstić information content (AvgIpc) is 2.29. The summed E-state index contributed by atoms with van der Waals surface area (Å²) >= 11 is 3.21. The van der Waals surface area contributed by atoms with E-state index in [0.29, 0.717) is 29.9 Å². The Morgan fingerprint density at radius 1 is 1.28 bits per heavy atom. The summed E-state index contributed by atoms with van der Waals surface area (Å²) in [5.41, 5.74) is -0.243. The smallest absolute Gasteiger partial charge is 0.382 e. The summed E-state index contributed by atoms with van der Waals surface area (Å²) in [5, 5.41) is 2.91. The summed E-state index contributed by atoms with van der Waals surface area (Å²) < 4.78 is 43.4. The zero-order valence-electron chi connectivity index (χ0n) is 9.98. The minimum Gasteiger partial charge on any atom is -0.382 e. The molecule has 0 aromatic heterocycles. The van der Waals surface area contributed by atoms with Gasteiger partial charge < -0.3 is 10.1 Å². The van der Waals surface area contributed by atoms with E-state index in [0.717, 1.165) is 18.6 Å². The van der Waals surface area contributed by atoms with E-state index in [-0.39, 0.29) is 0 Å². The second-order valence-electron chi connectivity index (χ2n) is 3.73. The lowest BCUT2D eigenvalue weighted by Crippen LogP contribution is -2.11. The lowest BCUT2D eigenvalue weighted by Gasteiger charge is -2.12. The molecule has 102 valence electrons. The molecule has 2 nitrogen and oxygen atoms in total. The molecule has 0 amide bonds. The van der Waals surface area contributed by atoms with Crippen LogP contribution >= 0.6 is 15.9 Å². The number of hydrogen-bond donors (Lipinski definition) is 1. The largest absolute Gasteiger partial charge is 0.416 e. The van der Waals surface area contributed by atoms with Crippen LogP contribution in [0.5, 0.6) is 0 Å². The molecule has 0 unspecified atom stereocenters. The van der Waals surface area contributed by atoms with Crippen molar-refractivity contribution < 1.29 is 17.9 Å². The second kappa shape index (κ2) is 6.99. The van der Waals surface area contributed by atoms with Crippen LogP contribution in [0.3, 0.4) is 0 Å². The van der Waals surface area contributed by atoms with Gasteiger partial charge in [-0.15, -0.1) is 0 Å². The number of ether oxygens (including phenoxy) is 1. The number of halogens is 4. The molecule has 6 heteroatoms. The molecule has 1 rings (SSSR count). The van der Waals surface area contributed by atoms with Crippen molar-refractivity contribution in [3.8, 4) is 0 Å². The Labute approximate surface area is 113 Å². The Kier molecular flexibility index (Phi) is 5.95. The Morgan fingerprint density at radius 2 is 2.00 bits per heavy atom. The van der Waals surface area contributed by atoms with Gasteiger partial charge in [-0.1, -0.05) is 6.92 Å². The maximum Gasteiger partial charge on any atom is 0.416 e. The standard InChI is InChI=1S/C12H15BrF3NO/c1-2-6-18-7-5-17-11-8-9(12(14,15)16)3-4-10(11)13/h3-4,8,17H,2,5-7H2,1H3. The van der Waals surface area contributed by atoms with Crippen LogP contribution in [-0.4, -0.2) is 19.8 Å². The van der Waals surface area contributed by atoms with E-state index >= 15 is 0 Å². The molecule has 1 N–H and O–H groups in total. The van der Waals surface area contributed by atoms with E-state index in [1.165, 1.54) is 6.07 Å². The minimum absolute atomic E-state index is 0.421. The Hall–Kier alpha value is -0.750. The first kappa shape index (κ1) is 15.3. The highest BCUT2D eigenvalue weighted by Gasteiger charge is 2.30. The third-order valence-corrected chi connectivity index (χ3v) is 2.90. The van der Waals surface area contributed by atoms with Crippen LogP contribution in [0.2, 0.25) is 0 Å². The molecule has 0 saturated carbocycles. The fourth-order valence-corrected chi connectivity index (χ4v) is 1.73. The molecule has 1 aromatic carbocycles. The monoisotopic (exact) mass is 325 g/mol. The van der Waals surface area contributed by atoms with Gasteiger partial charge in [0.25, 0.3) is 0 Å². The summed E-state index contributed by atoms with van der Waals surface area (Å²) in [4.78, 5) is 0. The first-order valence-corrected chi connectivity index (χ1v) is 6.42. The zero-order valence-corrected chi connectivity index (χ0v) is 11.6. The van der Waals surface area contributed by atoms with Crippen LogP contribution in [0.15, 0.2) is 22.7 Å². The van der Waals surface area contributed by atoms with Gasteiger partial charge in [-0.2, -0.15) is 13.2 Å². The average molecular weight is 326 g/mol. The topological polar surface area (TPSA) is 21.3 Å². The predicted molar refractivity (Wildman–Crippen MR) is 68.7 cm³/mol. The van der Waals surface area contributed by atoms with E-state index in [1.54, 1.807) is 0 Å². The minimum atomic E-state index is -4.32. The highest BCUT2D eigenvalue weighted by Crippen LogP contribution is 2.33. The molecule has 0 atom stereocenters. The van der Waals surface area contributed by atoms with Gasteiger partial charge >= 0.3 is 6.18 Å². The molecule has 0 aliphatic carbocycles. The van der Waals surface area contributed by atoms with Gasteiger partial charge in [-0.05, 0) is 40.5 Å². The lowest BCUT2D eigenvalue weighted by atomic mass is 10.2. The summed E-state index contributed by atoms with van der Waals surface area (Å²) in [7, 11) is 0. The second-order valence-corrected chi connectivity index (χ2v) is 4.59. The van der Waals surface area contributed by atoms with Crippen LogP contribution in [0, 0.1) is 0 Å². The van der Waals surface area contributed by atoms with E-state index in [2.05, 4.69) is 21.2 Å². The summed E-state index contributed by atoms with van der Waals surface area (Å²) in [6.45, 7) is 3.60. The van der Waals surface area contributed by atoms with Gasteiger partial charge in [0.15, 0.2) is 0 Å². The lowest BCUT2D eigenvalue weighted by molar-refractivity contribution is -0.137. The van der Waals surface area contributed by atoms with Crippen molar-refractivity contribution in [3.05, 3.63) is 28.2 Å². The summed E-state index contributed by atoms with van der Waals surface area (Å²) in [6, 6.07) is 3.52. The van der Waals surface area contributed by atoms with E-state index in [9.17, 15) is 13.2 Å². The highest BCUT2D eigenvalue weighted by atomic mass is 79.9. The molecule has 0 radical (unpaired) electrons. The van der Waals surface area contributed by atoms with Gasteiger partial charge in [-0.3, -0.25) is 0 Å². The molecule has 0 bridgehead atoms. The van der Waals surface area contributed by atoms with Gasteiger partial charge in [0.2, 0.25) is 0 Å². The fraction of sp³-hybridized carbons (Fsp3) is 0.500. The maximum atomic E-state index is 12.5. The molecule has 0 heterocycles. The van der Waals surface area contributed by atoms with Gasteiger partial charge in [0.1, 0.15) is 0 Å². The molecular formula is C12H15BrF3NO. The molecule has 0 saturated heterocycles. The van der Waals surface area contributed by atoms with Crippen LogP contribution in [0.1, 0.15) is 18.9 Å². The van der Waals surface area contributed by atoms with Crippen molar-refractivity contribution in [1.29, 1.82) is 0 Å². The third-order valence-electron chi connectivity index (χ3n) is 2.20. The van der Waals surface area contributed by atoms with E-state index in [4.69, 9.17) is 4.74 Å². The van der Waals surface area contributed by atoms with Gasteiger partial charge in [0.05, 0.1) is 12.2 Å². The van der Waals surface area contributed by atoms with E-state index in [1.807, 2.05) is 6.92 Å². The van der Waals surface area contributed by atoms with Crippen molar-refractivity contribution in [2.45, 2.75) is 19.5 Å². The Bertz CT molecular complexity index is 382. The molecule has 0 spiro atoms. The Morgan fingerprint density at radius 3 is 2.61 bits per heavy atom. The van der Waals surface area contributed by atoms with Crippen molar-refractivity contribution in [3.63, 3.8) is 0 Å². The Balaban J connectivity index is 2.59. The summed E-state index contributed by atoms with van der Waals surface area (Å²) in [6.07, 6.45) is -3.40. The molecule has 0 aliphatic heterocycles. The SMILES string of the molecule is CCCOCCNc1cc(C(F)(F)F)ccc1Br. The van der Waals surface area contributed by atoms with Gasteiger partial charge in [-0.25, -0.2) is 0 Å². The number of alkyl halides is 3. The van der Waals surface area contributed by atoms with Crippen LogP contribution in [-0.2, 0) is 10.9 Å². The van der Waals surface area contributed by atoms with Crippen LogP contribution < -0.4 is 5.32 Å². The first-order chi connectivity index (χ1) is 8.45. The molecule has 0 fully saturated rings. The predicted octanol–water partition coefficient (Wildman–Crippen LogP) is 4.31. The number of hydrogen-bond acceptors (Lipinski definition) is 2. The fourth-order valence-electron chi connectivity index (χ4n) is 1.34. The number of anilines is 1. The number of rotatable bonds is 6. The highest BCUT2D eigenvalue weighted by molar-refractivity contribution is 9.10. The molecular weight excluding hydrogens is 311 g/mol. The third kappa shape index (κ3) is 4.86. The van der Waals surface area contributed by atoms with Crippen molar-refractivity contribution in [2.24, 2.45) is 0 Å². The molecule has 1 aromatic rings. The van der Waals surface area contributed by atoms with E-state index < -0.39 is 11.7 Å². The van der Waals surface area contributed by atoms with Crippen molar-refractivity contribution >= 4 is 21.6 Å². The molecule has 18 heavy (non-hydrogen) atoms. The van der Waals surface area contributed by atoms with Crippen molar-refractivity contribution in [1.82, 2.24) is 0 Å². The van der Waals surface area contributed by atoms with Crippen LogP contribution in [0.25, 0.3) is 0 Å². The summed E-state index contributed by atoms with van der Waals surface area (Å²) in [5.74, 6) is 0.